The average Bonchev–Trinajstić information content (AvgIpc) is 2.54. The Bertz CT molecular complexity index is 251. The van der Waals surface area contributed by atoms with Crippen LogP contribution >= 0.6 is 34.8 Å². The fraction of sp³-hybridized carbons (Fsp3) is 0.800. The van der Waals surface area contributed by atoms with Crippen molar-refractivity contribution >= 4 is 34.8 Å². The Morgan fingerprint density at radius 2 is 2.08 bits per heavy atom. The molecule has 0 spiro atoms. The van der Waals surface area contributed by atoms with E-state index in [0.29, 0.717) is 17.7 Å². The van der Waals surface area contributed by atoms with Gasteiger partial charge in [-0.3, -0.25) is 0 Å². The molecule has 0 N–H and O–H groups in total. The van der Waals surface area contributed by atoms with E-state index in [4.69, 9.17) is 34.8 Å². The lowest BCUT2D eigenvalue weighted by molar-refractivity contribution is 0.300. The van der Waals surface area contributed by atoms with Gasteiger partial charge in [0, 0.05) is 11.3 Å². The fourth-order valence-electron chi connectivity index (χ4n) is 2.77. The number of halogens is 3. The van der Waals surface area contributed by atoms with E-state index in [-0.39, 0.29) is 16.2 Å². The molecule has 2 saturated carbocycles. The minimum atomic E-state index is 0.0179. The highest BCUT2D eigenvalue weighted by molar-refractivity contribution is 6.31. The predicted molar refractivity (Wildman–Crippen MR) is 58.8 cm³/mol. The first-order valence-corrected chi connectivity index (χ1v) is 5.96. The largest absolute Gasteiger partial charge is 0.126 e. The zero-order chi connectivity index (χ0) is 9.80. The minimum Gasteiger partial charge on any atom is -0.126 e. The van der Waals surface area contributed by atoms with Gasteiger partial charge >= 0.3 is 0 Å². The molecule has 74 valence electrons. The van der Waals surface area contributed by atoms with E-state index in [2.05, 4.69) is 13.5 Å². The Morgan fingerprint density at radius 3 is 2.54 bits per heavy atom. The normalized spacial score (nSPS) is 54.6. The highest BCUT2D eigenvalue weighted by Crippen LogP contribution is 2.61. The first-order valence-electron chi connectivity index (χ1n) is 4.55. The third-order valence-corrected chi connectivity index (χ3v) is 5.69. The Labute approximate surface area is 94.2 Å². The summed E-state index contributed by atoms with van der Waals surface area (Å²) < 4.78 is 0. The highest BCUT2D eigenvalue weighted by atomic mass is 35.5. The van der Waals surface area contributed by atoms with Crippen LogP contribution in [0.5, 0.6) is 0 Å². The molecule has 5 atom stereocenters. The van der Waals surface area contributed by atoms with Crippen molar-refractivity contribution in [3.63, 3.8) is 0 Å². The van der Waals surface area contributed by atoms with E-state index >= 15 is 0 Å². The lowest BCUT2D eigenvalue weighted by Crippen LogP contribution is -2.39. The second-order valence-electron chi connectivity index (χ2n) is 4.41. The maximum absolute atomic E-state index is 6.26. The highest BCUT2D eigenvalue weighted by Gasteiger charge is 2.59. The van der Waals surface area contributed by atoms with Gasteiger partial charge in [0.25, 0.3) is 0 Å². The minimum absolute atomic E-state index is 0.0179. The van der Waals surface area contributed by atoms with Crippen molar-refractivity contribution in [1.29, 1.82) is 0 Å². The molecular weight excluding hydrogens is 226 g/mol. The van der Waals surface area contributed by atoms with Gasteiger partial charge in [-0.1, -0.05) is 19.1 Å². The third kappa shape index (κ3) is 1.12. The zero-order valence-electron chi connectivity index (χ0n) is 7.56. The zero-order valence-corrected chi connectivity index (χ0v) is 9.83. The summed E-state index contributed by atoms with van der Waals surface area (Å²) in [5.74, 6) is 1.42. The molecule has 0 aromatic heterocycles. The molecule has 2 aliphatic carbocycles. The Balaban J connectivity index is 2.34. The lowest BCUT2D eigenvalue weighted by atomic mass is 9.73. The smallest absolute Gasteiger partial charge is 0.0568 e. The van der Waals surface area contributed by atoms with Crippen LogP contribution in [0.4, 0.5) is 0 Å². The molecule has 0 unspecified atom stereocenters. The molecular formula is C10H13Cl3. The molecule has 0 aromatic rings. The molecule has 2 rings (SSSR count). The maximum Gasteiger partial charge on any atom is 0.0568 e. The second-order valence-corrected chi connectivity index (χ2v) is 5.69. The van der Waals surface area contributed by atoms with Gasteiger partial charge in [-0.15, -0.1) is 34.8 Å². The average molecular weight is 240 g/mol. The summed E-state index contributed by atoms with van der Waals surface area (Å²) in [7, 11) is 0. The molecule has 13 heavy (non-hydrogen) atoms. The van der Waals surface area contributed by atoms with Gasteiger partial charge in [-0.05, 0) is 18.3 Å². The number of hydrogen-bond donors (Lipinski definition) is 0. The lowest BCUT2D eigenvalue weighted by Gasteiger charge is -2.38. The number of alkyl halides is 3. The molecule has 0 amide bonds. The van der Waals surface area contributed by atoms with Crippen molar-refractivity contribution in [2.75, 3.05) is 5.88 Å². The van der Waals surface area contributed by atoms with Crippen molar-refractivity contribution in [2.45, 2.75) is 24.1 Å². The quantitative estimate of drug-likeness (QED) is 0.484. The number of hydrogen-bond acceptors (Lipinski definition) is 0. The Kier molecular flexibility index (Phi) is 2.38. The van der Waals surface area contributed by atoms with E-state index in [9.17, 15) is 0 Å². The van der Waals surface area contributed by atoms with E-state index in [1.54, 1.807) is 0 Å². The summed E-state index contributed by atoms with van der Waals surface area (Å²) in [5.41, 5.74) is 1.23. The molecule has 2 bridgehead atoms. The number of fused-ring (bicyclic) bond motifs is 2. The van der Waals surface area contributed by atoms with Gasteiger partial charge < -0.3 is 0 Å². The maximum atomic E-state index is 6.26. The van der Waals surface area contributed by atoms with Gasteiger partial charge in [-0.2, -0.15) is 0 Å². The predicted octanol–water partition coefficient (Wildman–Crippen LogP) is 3.65. The molecule has 2 fully saturated rings. The molecule has 0 nitrogen and oxygen atoms in total. The second kappa shape index (κ2) is 3.05. The van der Waals surface area contributed by atoms with E-state index in [1.807, 2.05) is 0 Å². The first kappa shape index (κ1) is 10.1. The van der Waals surface area contributed by atoms with Crippen LogP contribution in [-0.2, 0) is 0 Å². The van der Waals surface area contributed by atoms with Crippen LogP contribution in [0, 0.1) is 17.3 Å². The van der Waals surface area contributed by atoms with Crippen molar-refractivity contribution in [2.24, 2.45) is 17.3 Å². The van der Waals surface area contributed by atoms with Crippen molar-refractivity contribution in [1.82, 2.24) is 0 Å². The standard InChI is InChI=1S/C10H13Cl3/c1-5-6-3-7(9(13)8(6)12)10(5,2)4-11/h6-9H,1,3-4H2,2H3/t6-,7-,8-,9+,10-/m1/s1. The number of rotatable bonds is 1. The van der Waals surface area contributed by atoms with Crippen molar-refractivity contribution in [3.05, 3.63) is 12.2 Å². The molecule has 0 heterocycles. The van der Waals surface area contributed by atoms with Crippen LogP contribution in [0.25, 0.3) is 0 Å². The van der Waals surface area contributed by atoms with Crippen LogP contribution < -0.4 is 0 Å². The Morgan fingerprint density at radius 1 is 1.46 bits per heavy atom. The molecule has 0 aromatic carbocycles. The van der Waals surface area contributed by atoms with Crippen LogP contribution in [-0.4, -0.2) is 16.6 Å². The van der Waals surface area contributed by atoms with Crippen molar-refractivity contribution in [3.8, 4) is 0 Å². The monoisotopic (exact) mass is 238 g/mol. The summed E-state index contributed by atoms with van der Waals surface area (Å²) in [6.07, 6.45) is 1.07. The fourth-order valence-corrected chi connectivity index (χ4v) is 4.13. The van der Waals surface area contributed by atoms with Crippen LogP contribution in [0.3, 0.4) is 0 Å². The third-order valence-electron chi connectivity index (χ3n) is 3.86. The van der Waals surface area contributed by atoms with Gasteiger partial charge in [-0.25, -0.2) is 0 Å². The first-order chi connectivity index (χ1) is 6.02. The van der Waals surface area contributed by atoms with Gasteiger partial charge in [0.15, 0.2) is 0 Å². The van der Waals surface area contributed by atoms with Crippen molar-refractivity contribution < 1.29 is 0 Å². The van der Waals surface area contributed by atoms with E-state index in [1.165, 1.54) is 5.57 Å². The van der Waals surface area contributed by atoms with Crippen LogP contribution in [0.2, 0.25) is 0 Å². The summed E-state index contributed by atoms with van der Waals surface area (Å²) in [6, 6.07) is 0. The van der Waals surface area contributed by atoms with Gasteiger partial charge in [0.2, 0.25) is 0 Å². The van der Waals surface area contributed by atoms with E-state index < -0.39 is 0 Å². The molecule has 0 aliphatic heterocycles. The summed E-state index contributed by atoms with van der Waals surface area (Å²) in [6.45, 7) is 6.28. The molecule has 2 aliphatic rings. The van der Waals surface area contributed by atoms with Crippen LogP contribution in [0.15, 0.2) is 12.2 Å². The van der Waals surface area contributed by atoms with Crippen LogP contribution in [0.1, 0.15) is 13.3 Å². The Hall–Kier alpha value is 0.610. The molecule has 0 radical (unpaired) electrons. The topological polar surface area (TPSA) is 0 Å². The molecule has 0 saturated heterocycles. The summed E-state index contributed by atoms with van der Waals surface area (Å²) in [4.78, 5) is 0. The molecule has 3 heteroatoms. The number of allylic oxidation sites excluding steroid dienone is 1. The van der Waals surface area contributed by atoms with Gasteiger partial charge in [0.05, 0.1) is 10.8 Å². The SMILES string of the molecule is C=C1[C@H]2C[C@H]([C@H](Cl)[C@@H]2Cl)[C@]1(C)CCl. The summed E-state index contributed by atoms with van der Waals surface area (Å²) in [5, 5.41) is 0.136. The van der Waals surface area contributed by atoms with Gasteiger partial charge in [0.1, 0.15) is 0 Å². The summed E-state index contributed by atoms with van der Waals surface area (Å²) >= 11 is 18.4. The van der Waals surface area contributed by atoms with E-state index in [0.717, 1.165) is 6.42 Å².